The minimum Gasteiger partial charge on any atom is -0.356 e. The Labute approximate surface area is 155 Å². The molecule has 26 heavy (non-hydrogen) atoms. The molecule has 0 saturated carbocycles. The first kappa shape index (κ1) is 16.5. The molecule has 5 rings (SSSR count). The molecule has 1 aromatic rings. The second-order valence-electron chi connectivity index (χ2n) is 8.77. The van der Waals surface area contributed by atoms with E-state index in [9.17, 15) is 4.79 Å². The van der Waals surface area contributed by atoms with Crippen LogP contribution >= 0.6 is 0 Å². The molecule has 0 aromatic carbocycles. The van der Waals surface area contributed by atoms with Crippen LogP contribution < -0.4 is 10.2 Å². The molecule has 140 valence electrons. The number of fused-ring (bicyclic) bond motifs is 2. The van der Waals surface area contributed by atoms with E-state index in [1.165, 1.54) is 19.5 Å². The highest BCUT2D eigenvalue weighted by molar-refractivity contribution is 5.94. The van der Waals surface area contributed by atoms with Gasteiger partial charge in [0.15, 0.2) is 0 Å². The van der Waals surface area contributed by atoms with E-state index in [2.05, 4.69) is 27.1 Å². The maximum Gasteiger partial charge on any atom is 0.255 e. The molecular formula is C20H29N5O. The minimum atomic E-state index is 0.148. The van der Waals surface area contributed by atoms with Crippen molar-refractivity contribution < 1.29 is 4.79 Å². The van der Waals surface area contributed by atoms with Gasteiger partial charge in [0.1, 0.15) is 5.82 Å². The van der Waals surface area contributed by atoms with Gasteiger partial charge in [-0.05, 0) is 55.8 Å². The first-order valence-corrected chi connectivity index (χ1v) is 10.1. The molecular weight excluding hydrogens is 326 g/mol. The Hall–Kier alpha value is -1.66. The van der Waals surface area contributed by atoms with E-state index >= 15 is 0 Å². The van der Waals surface area contributed by atoms with Gasteiger partial charge < -0.3 is 20.0 Å². The van der Waals surface area contributed by atoms with Crippen LogP contribution in [0.5, 0.6) is 0 Å². The average molecular weight is 355 g/mol. The Kier molecular flexibility index (Phi) is 4.13. The maximum atomic E-state index is 12.8. The SMILES string of the molecule is CN1CC[C@@H]2CN(c3ccc(C(=O)N4C[C@H]5CNC[C@H]5C4)cn3)C[C@@H]2C1. The Bertz CT molecular complexity index is 665. The monoisotopic (exact) mass is 355 g/mol. The highest BCUT2D eigenvalue weighted by atomic mass is 16.2. The molecule has 0 spiro atoms. The first-order valence-electron chi connectivity index (χ1n) is 10.1. The Morgan fingerprint density at radius 2 is 1.81 bits per heavy atom. The lowest BCUT2D eigenvalue weighted by Crippen LogP contribution is -2.37. The summed E-state index contributed by atoms with van der Waals surface area (Å²) in [6.07, 6.45) is 3.08. The molecule has 4 aliphatic heterocycles. The molecule has 0 bridgehead atoms. The topological polar surface area (TPSA) is 51.7 Å². The number of rotatable bonds is 2. The Morgan fingerprint density at radius 3 is 2.54 bits per heavy atom. The van der Waals surface area contributed by atoms with Gasteiger partial charge in [-0.3, -0.25) is 4.79 Å². The van der Waals surface area contributed by atoms with Crippen molar-refractivity contribution >= 4 is 11.7 Å². The fourth-order valence-electron chi connectivity index (χ4n) is 5.44. The summed E-state index contributed by atoms with van der Waals surface area (Å²) in [5.74, 6) is 4.01. The van der Waals surface area contributed by atoms with Crippen LogP contribution in [-0.2, 0) is 0 Å². The fourth-order valence-corrected chi connectivity index (χ4v) is 5.44. The molecule has 6 nitrogen and oxygen atoms in total. The van der Waals surface area contributed by atoms with E-state index in [4.69, 9.17) is 0 Å². The largest absolute Gasteiger partial charge is 0.356 e. The second-order valence-corrected chi connectivity index (χ2v) is 8.77. The van der Waals surface area contributed by atoms with Gasteiger partial charge in [-0.25, -0.2) is 4.98 Å². The Balaban J connectivity index is 1.24. The van der Waals surface area contributed by atoms with Crippen LogP contribution in [0.4, 0.5) is 5.82 Å². The average Bonchev–Trinajstić information content (AvgIpc) is 3.35. The van der Waals surface area contributed by atoms with Crippen LogP contribution in [0.3, 0.4) is 0 Å². The van der Waals surface area contributed by atoms with Crippen LogP contribution in [0.25, 0.3) is 0 Å². The molecule has 4 atom stereocenters. The van der Waals surface area contributed by atoms with Gasteiger partial charge in [0.05, 0.1) is 5.56 Å². The standard InChI is InChI=1S/C20H29N5O/c1-23-5-4-15-10-24(13-18(15)9-23)19-3-2-14(8-22-19)20(26)25-11-16-6-21-7-17(16)12-25/h2-3,8,15-18,21H,4-7,9-13H2,1H3/t15-,16-,17+,18+/m1/s1. The number of carbonyl (C=O) groups excluding carboxylic acids is 1. The van der Waals surface area contributed by atoms with Crippen molar-refractivity contribution in [2.45, 2.75) is 6.42 Å². The molecule has 6 heteroatoms. The summed E-state index contributed by atoms with van der Waals surface area (Å²) in [4.78, 5) is 24.3. The third-order valence-electron chi connectivity index (χ3n) is 7.00. The normalized spacial score (nSPS) is 34.2. The molecule has 5 heterocycles. The summed E-state index contributed by atoms with van der Waals surface area (Å²) in [5.41, 5.74) is 0.734. The summed E-state index contributed by atoms with van der Waals surface area (Å²) < 4.78 is 0. The molecule has 1 N–H and O–H groups in total. The van der Waals surface area contributed by atoms with Crippen molar-refractivity contribution in [1.29, 1.82) is 0 Å². The van der Waals surface area contributed by atoms with Gasteiger partial charge in [0.2, 0.25) is 0 Å². The molecule has 1 amide bonds. The van der Waals surface area contributed by atoms with Gasteiger partial charge in [-0.2, -0.15) is 0 Å². The quantitative estimate of drug-likeness (QED) is 0.849. The van der Waals surface area contributed by atoms with Crippen molar-refractivity contribution in [3.63, 3.8) is 0 Å². The number of hydrogen-bond acceptors (Lipinski definition) is 5. The van der Waals surface area contributed by atoms with Crippen LogP contribution in [0.2, 0.25) is 0 Å². The van der Waals surface area contributed by atoms with E-state index in [-0.39, 0.29) is 5.91 Å². The number of anilines is 1. The van der Waals surface area contributed by atoms with Gasteiger partial charge >= 0.3 is 0 Å². The molecule has 4 fully saturated rings. The van der Waals surface area contributed by atoms with Crippen molar-refractivity contribution in [2.75, 3.05) is 64.3 Å². The van der Waals surface area contributed by atoms with Gasteiger partial charge in [-0.1, -0.05) is 0 Å². The number of amides is 1. The third kappa shape index (κ3) is 2.89. The lowest BCUT2D eigenvalue weighted by atomic mass is 9.89. The van der Waals surface area contributed by atoms with Gasteiger partial charge in [-0.15, -0.1) is 0 Å². The molecule has 4 saturated heterocycles. The number of piperidine rings is 1. The number of carbonyl (C=O) groups is 1. The minimum absolute atomic E-state index is 0.148. The first-order chi connectivity index (χ1) is 12.7. The van der Waals surface area contributed by atoms with Crippen molar-refractivity contribution in [2.24, 2.45) is 23.7 Å². The number of likely N-dealkylation sites (tertiary alicyclic amines) is 2. The van der Waals surface area contributed by atoms with E-state index < -0.39 is 0 Å². The number of hydrogen-bond donors (Lipinski definition) is 1. The zero-order chi connectivity index (χ0) is 17.7. The van der Waals surface area contributed by atoms with Crippen LogP contribution in [0.15, 0.2) is 18.3 Å². The summed E-state index contributed by atoms with van der Waals surface area (Å²) in [6.45, 7) is 8.50. The van der Waals surface area contributed by atoms with Crippen molar-refractivity contribution in [3.05, 3.63) is 23.9 Å². The zero-order valence-electron chi connectivity index (χ0n) is 15.6. The molecule has 0 aliphatic carbocycles. The summed E-state index contributed by atoms with van der Waals surface area (Å²) in [7, 11) is 2.22. The van der Waals surface area contributed by atoms with Crippen LogP contribution in [-0.4, -0.2) is 80.1 Å². The predicted octanol–water partition coefficient (Wildman–Crippen LogP) is 0.761. The highest BCUT2D eigenvalue weighted by Crippen LogP contribution is 2.33. The van der Waals surface area contributed by atoms with Gasteiger partial charge in [0, 0.05) is 52.0 Å². The van der Waals surface area contributed by atoms with E-state index in [1.807, 2.05) is 17.0 Å². The Morgan fingerprint density at radius 1 is 1.04 bits per heavy atom. The van der Waals surface area contributed by atoms with E-state index in [1.54, 1.807) is 6.20 Å². The maximum absolute atomic E-state index is 12.8. The van der Waals surface area contributed by atoms with Crippen LogP contribution in [0, 0.1) is 23.7 Å². The molecule has 0 radical (unpaired) electrons. The fraction of sp³-hybridized carbons (Fsp3) is 0.700. The number of pyridine rings is 1. The summed E-state index contributed by atoms with van der Waals surface area (Å²) in [5, 5.41) is 3.43. The van der Waals surface area contributed by atoms with E-state index in [0.29, 0.717) is 11.8 Å². The molecule has 1 aromatic heterocycles. The third-order valence-corrected chi connectivity index (χ3v) is 7.00. The zero-order valence-corrected chi connectivity index (χ0v) is 15.6. The van der Waals surface area contributed by atoms with E-state index in [0.717, 1.165) is 62.5 Å². The van der Waals surface area contributed by atoms with Crippen molar-refractivity contribution in [1.82, 2.24) is 20.1 Å². The highest BCUT2D eigenvalue weighted by Gasteiger charge is 2.39. The smallest absolute Gasteiger partial charge is 0.255 e. The van der Waals surface area contributed by atoms with Gasteiger partial charge in [0.25, 0.3) is 5.91 Å². The molecule has 0 unspecified atom stereocenters. The number of aromatic nitrogens is 1. The second kappa shape index (κ2) is 6.50. The van der Waals surface area contributed by atoms with Crippen LogP contribution in [0.1, 0.15) is 16.8 Å². The predicted molar refractivity (Wildman–Crippen MR) is 101 cm³/mol. The molecule has 4 aliphatic rings. The number of nitrogens with zero attached hydrogens (tertiary/aromatic N) is 4. The van der Waals surface area contributed by atoms with Crippen molar-refractivity contribution in [3.8, 4) is 0 Å². The summed E-state index contributed by atoms with van der Waals surface area (Å²) >= 11 is 0. The summed E-state index contributed by atoms with van der Waals surface area (Å²) in [6, 6.07) is 4.03. The number of nitrogens with one attached hydrogen (secondary N) is 1. The lowest BCUT2D eigenvalue weighted by Gasteiger charge is -2.31. The lowest BCUT2D eigenvalue weighted by molar-refractivity contribution is 0.0781.